The molecule has 0 radical (unpaired) electrons. The third-order valence-corrected chi connectivity index (χ3v) is 3.39. The molecule has 1 saturated heterocycles. The monoisotopic (exact) mass is 280 g/mol. The lowest BCUT2D eigenvalue weighted by Crippen LogP contribution is -2.39. The highest BCUT2D eigenvalue weighted by molar-refractivity contribution is 5.42. The van der Waals surface area contributed by atoms with E-state index >= 15 is 0 Å². The van der Waals surface area contributed by atoms with Gasteiger partial charge in [-0.05, 0) is 33.2 Å². The molecule has 1 atom stereocenters. The number of nitrogens with one attached hydrogen (secondary N) is 1. The second kappa shape index (κ2) is 7.40. The number of aromatic nitrogens is 2. The van der Waals surface area contributed by atoms with Crippen LogP contribution in [0.3, 0.4) is 0 Å². The second-order valence-electron chi connectivity index (χ2n) is 5.01. The van der Waals surface area contributed by atoms with Crippen LogP contribution in [0.4, 0.5) is 5.82 Å². The maximum absolute atomic E-state index is 9.28. The summed E-state index contributed by atoms with van der Waals surface area (Å²) in [6.45, 7) is 6.98. The smallest absolute Gasteiger partial charge is 0.218 e. The Hall–Kier alpha value is -1.40. The predicted octanol–water partition coefficient (Wildman–Crippen LogP) is 0.734. The Morgan fingerprint density at radius 1 is 1.50 bits per heavy atom. The molecular formula is C14H24N4O2. The van der Waals surface area contributed by atoms with Gasteiger partial charge in [-0.3, -0.25) is 0 Å². The average molecular weight is 280 g/mol. The molecule has 2 heterocycles. The van der Waals surface area contributed by atoms with Crippen LogP contribution in [0.5, 0.6) is 5.88 Å². The van der Waals surface area contributed by atoms with E-state index in [0.717, 1.165) is 18.9 Å². The third-order valence-electron chi connectivity index (χ3n) is 3.39. The van der Waals surface area contributed by atoms with E-state index < -0.39 is 0 Å². The topological polar surface area (TPSA) is 70.5 Å². The van der Waals surface area contributed by atoms with Gasteiger partial charge in [-0.2, -0.15) is 4.98 Å². The van der Waals surface area contributed by atoms with Crippen LogP contribution in [0, 0.1) is 6.92 Å². The molecule has 0 bridgehead atoms. The molecule has 112 valence electrons. The molecule has 2 N–H and O–H groups in total. The van der Waals surface area contributed by atoms with Gasteiger partial charge in [-0.1, -0.05) is 0 Å². The van der Waals surface area contributed by atoms with Gasteiger partial charge in [0.1, 0.15) is 11.6 Å². The van der Waals surface area contributed by atoms with Gasteiger partial charge in [-0.15, -0.1) is 0 Å². The van der Waals surface area contributed by atoms with Gasteiger partial charge in [0.25, 0.3) is 0 Å². The number of hydrogen-bond acceptors (Lipinski definition) is 6. The quantitative estimate of drug-likeness (QED) is 0.767. The maximum atomic E-state index is 9.28. The zero-order chi connectivity index (χ0) is 14.4. The summed E-state index contributed by atoms with van der Waals surface area (Å²) in [6.07, 6.45) is 2.38. The number of aliphatic hydroxyl groups excluding tert-OH is 1. The summed E-state index contributed by atoms with van der Waals surface area (Å²) >= 11 is 0. The number of anilines is 1. The Bertz CT molecular complexity index is 422. The van der Waals surface area contributed by atoms with Crippen LogP contribution in [-0.4, -0.2) is 54.0 Å². The highest BCUT2D eigenvalue weighted by Crippen LogP contribution is 2.19. The fraction of sp³-hybridized carbons (Fsp3) is 0.714. The van der Waals surface area contributed by atoms with E-state index in [-0.39, 0.29) is 6.61 Å². The van der Waals surface area contributed by atoms with Crippen LogP contribution < -0.4 is 15.0 Å². The summed E-state index contributed by atoms with van der Waals surface area (Å²) in [6, 6.07) is 2.31. The maximum Gasteiger partial charge on any atom is 0.218 e. The van der Waals surface area contributed by atoms with Crippen molar-refractivity contribution in [1.29, 1.82) is 0 Å². The van der Waals surface area contributed by atoms with Crippen LogP contribution in [0.1, 0.15) is 25.6 Å². The average Bonchev–Trinajstić information content (AvgIpc) is 2.91. The van der Waals surface area contributed by atoms with Crippen molar-refractivity contribution in [2.45, 2.75) is 32.7 Å². The summed E-state index contributed by atoms with van der Waals surface area (Å²) in [4.78, 5) is 10.8. The number of ether oxygens (including phenoxy) is 1. The Morgan fingerprint density at radius 2 is 2.35 bits per heavy atom. The minimum absolute atomic E-state index is 0.111. The van der Waals surface area contributed by atoms with Gasteiger partial charge in [0.2, 0.25) is 5.88 Å². The molecule has 6 heteroatoms. The largest absolute Gasteiger partial charge is 0.478 e. The molecular weight excluding hydrogens is 256 g/mol. The molecule has 1 aromatic rings. The van der Waals surface area contributed by atoms with Crippen molar-refractivity contribution >= 4 is 5.82 Å². The van der Waals surface area contributed by atoms with E-state index in [1.54, 1.807) is 0 Å². The molecule has 1 unspecified atom stereocenters. The van der Waals surface area contributed by atoms with E-state index in [0.29, 0.717) is 30.9 Å². The molecule has 1 aromatic heterocycles. The molecule has 0 spiro atoms. The van der Waals surface area contributed by atoms with Gasteiger partial charge < -0.3 is 20.1 Å². The zero-order valence-corrected chi connectivity index (χ0v) is 12.3. The third kappa shape index (κ3) is 4.05. The first-order chi connectivity index (χ1) is 9.72. The molecule has 0 saturated carbocycles. The first-order valence-corrected chi connectivity index (χ1v) is 7.30. The summed E-state index contributed by atoms with van der Waals surface area (Å²) < 4.78 is 5.47. The minimum Gasteiger partial charge on any atom is -0.478 e. The van der Waals surface area contributed by atoms with Gasteiger partial charge in [0.15, 0.2) is 0 Å². The van der Waals surface area contributed by atoms with E-state index in [9.17, 15) is 5.11 Å². The number of rotatable bonds is 7. The van der Waals surface area contributed by atoms with Crippen molar-refractivity contribution in [3.05, 3.63) is 11.9 Å². The first kappa shape index (κ1) is 15.0. The van der Waals surface area contributed by atoms with Gasteiger partial charge >= 0.3 is 0 Å². The summed E-state index contributed by atoms with van der Waals surface area (Å²) in [5.74, 6) is 2.11. The summed E-state index contributed by atoms with van der Waals surface area (Å²) in [5, 5.41) is 12.7. The van der Waals surface area contributed by atoms with Crippen molar-refractivity contribution in [3.8, 4) is 5.88 Å². The molecule has 0 aliphatic carbocycles. The van der Waals surface area contributed by atoms with Crippen LogP contribution >= 0.6 is 0 Å². The molecule has 1 fully saturated rings. The molecule has 6 nitrogen and oxygen atoms in total. The highest BCUT2D eigenvalue weighted by Gasteiger charge is 2.19. The number of nitrogens with zero attached hydrogens (tertiary/aromatic N) is 3. The Morgan fingerprint density at radius 3 is 3.00 bits per heavy atom. The van der Waals surface area contributed by atoms with E-state index in [2.05, 4.69) is 20.2 Å². The van der Waals surface area contributed by atoms with Crippen molar-refractivity contribution < 1.29 is 9.84 Å². The van der Waals surface area contributed by atoms with Crippen molar-refractivity contribution in [2.24, 2.45) is 0 Å². The fourth-order valence-corrected chi connectivity index (χ4v) is 2.51. The fourth-order valence-electron chi connectivity index (χ4n) is 2.51. The lowest BCUT2D eigenvalue weighted by molar-refractivity contribution is 0.299. The summed E-state index contributed by atoms with van der Waals surface area (Å²) in [7, 11) is 0. The number of hydrogen-bond donors (Lipinski definition) is 2. The second-order valence-corrected chi connectivity index (χ2v) is 5.01. The van der Waals surface area contributed by atoms with E-state index in [4.69, 9.17) is 4.74 Å². The van der Waals surface area contributed by atoms with Crippen LogP contribution in [0.2, 0.25) is 0 Å². The van der Waals surface area contributed by atoms with Crippen LogP contribution in [0.25, 0.3) is 0 Å². The molecule has 0 aromatic carbocycles. The predicted molar refractivity (Wildman–Crippen MR) is 78.3 cm³/mol. The SMILES string of the molecule is CCOc1cc(N(CCO)CC2CCCN2)nc(C)n1. The van der Waals surface area contributed by atoms with Crippen molar-refractivity contribution in [3.63, 3.8) is 0 Å². The first-order valence-electron chi connectivity index (χ1n) is 7.30. The summed E-state index contributed by atoms with van der Waals surface area (Å²) in [5.41, 5.74) is 0. The highest BCUT2D eigenvalue weighted by atomic mass is 16.5. The Labute approximate surface area is 120 Å². The standard InChI is InChI=1S/C14H24N4O2/c1-3-20-14-9-13(16-11(2)17-14)18(7-8-19)10-12-5-4-6-15-12/h9,12,15,19H,3-8,10H2,1-2H3. The van der Waals surface area contributed by atoms with Crippen molar-refractivity contribution in [1.82, 2.24) is 15.3 Å². The van der Waals surface area contributed by atoms with Crippen LogP contribution in [-0.2, 0) is 0 Å². The molecule has 1 aliphatic heterocycles. The Balaban J connectivity index is 2.14. The van der Waals surface area contributed by atoms with E-state index in [1.807, 2.05) is 19.9 Å². The number of aliphatic hydroxyl groups is 1. The normalized spacial score (nSPS) is 18.2. The molecule has 2 rings (SSSR count). The van der Waals surface area contributed by atoms with Crippen LogP contribution in [0.15, 0.2) is 6.07 Å². The lowest BCUT2D eigenvalue weighted by Gasteiger charge is -2.26. The lowest BCUT2D eigenvalue weighted by atomic mass is 10.2. The van der Waals surface area contributed by atoms with Gasteiger partial charge in [0.05, 0.1) is 13.2 Å². The molecule has 20 heavy (non-hydrogen) atoms. The number of aryl methyl sites for hydroxylation is 1. The van der Waals surface area contributed by atoms with E-state index in [1.165, 1.54) is 12.8 Å². The van der Waals surface area contributed by atoms with Crippen molar-refractivity contribution in [2.75, 3.05) is 37.7 Å². The molecule has 0 amide bonds. The van der Waals surface area contributed by atoms with Gasteiger partial charge in [-0.25, -0.2) is 4.98 Å². The Kier molecular flexibility index (Phi) is 5.55. The molecule has 1 aliphatic rings. The van der Waals surface area contributed by atoms with Gasteiger partial charge in [0, 0.05) is 25.2 Å². The minimum atomic E-state index is 0.111. The zero-order valence-electron chi connectivity index (χ0n) is 12.3.